The molecule has 3 rings (SSSR count). The highest BCUT2D eigenvalue weighted by Crippen LogP contribution is 2.36. The van der Waals surface area contributed by atoms with Crippen molar-refractivity contribution in [3.63, 3.8) is 0 Å². The number of thioether (sulfide) groups is 1. The fourth-order valence-electron chi connectivity index (χ4n) is 3.64. The van der Waals surface area contributed by atoms with Crippen LogP contribution in [-0.4, -0.2) is 17.3 Å². The average Bonchev–Trinajstić information content (AvgIpc) is 2.95. The van der Waals surface area contributed by atoms with Gasteiger partial charge in [-0.15, -0.1) is 0 Å². The van der Waals surface area contributed by atoms with E-state index in [2.05, 4.69) is 12.2 Å². The van der Waals surface area contributed by atoms with Crippen molar-refractivity contribution in [2.24, 2.45) is 5.92 Å². The van der Waals surface area contributed by atoms with E-state index in [1.54, 1.807) is 6.08 Å². The third-order valence-corrected chi connectivity index (χ3v) is 6.16. The number of hydrogen-bond donors (Lipinski definition) is 1. The molecule has 1 aromatic rings. The summed E-state index contributed by atoms with van der Waals surface area (Å²) >= 11 is 7.45. The lowest BCUT2D eigenvalue weighted by atomic mass is 9.83. The molecule has 4 nitrogen and oxygen atoms in total. The molecule has 1 N–H and O–H groups in total. The Morgan fingerprint density at radius 2 is 2.08 bits per heavy atom. The Morgan fingerprint density at radius 3 is 2.73 bits per heavy atom. The Bertz CT molecular complexity index is 713. The monoisotopic (exact) mass is 393 g/mol. The Kier molecular flexibility index (Phi) is 6.65. The maximum absolute atomic E-state index is 11.8. The highest BCUT2D eigenvalue weighted by molar-refractivity contribution is 8.18. The summed E-state index contributed by atoms with van der Waals surface area (Å²) in [6, 6.07) is 5.58. The van der Waals surface area contributed by atoms with Crippen LogP contribution >= 0.6 is 23.4 Å². The first-order valence-electron chi connectivity index (χ1n) is 9.28. The lowest BCUT2D eigenvalue weighted by Gasteiger charge is -2.31. The van der Waals surface area contributed by atoms with Crippen molar-refractivity contribution in [2.75, 3.05) is 0 Å². The number of carbonyl (C=O) groups excluding carboxylic acids is 2. The zero-order valence-corrected chi connectivity index (χ0v) is 16.5. The molecule has 1 saturated carbocycles. The summed E-state index contributed by atoms with van der Waals surface area (Å²) < 4.78 is 6.34. The molecule has 6 heteroatoms. The maximum atomic E-state index is 11.8. The molecule has 1 heterocycles. The van der Waals surface area contributed by atoms with Crippen LogP contribution in [0.1, 0.15) is 57.4 Å². The molecule has 1 atom stereocenters. The van der Waals surface area contributed by atoms with Crippen molar-refractivity contribution in [3.05, 3.63) is 33.7 Å². The van der Waals surface area contributed by atoms with Gasteiger partial charge in [-0.25, -0.2) is 0 Å². The summed E-state index contributed by atoms with van der Waals surface area (Å²) in [6.45, 7) is 2.18. The number of carbonyl (C=O) groups is 2. The van der Waals surface area contributed by atoms with Gasteiger partial charge in [-0.1, -0.05) is 56.3 Å². The first-order valence-corrected chi connectivity index (χ1v) is 10.5. The van der Waals surface area contributed by atoms with Gasteiger partial charge in [-0.3, -0.25) is 14.9 Å². The van der Waals surface area contributed by atoms with Crippen molar-refractivity contribution in [1.29, 1.82) is 0 Å². The van der Waals surface area contributed by atoms with Crippen LogP contribution in [0.15, 0.2) is 23.1 Å². The molecular weight excluding hydrogens is 370 g/mol. The molecular formula is C20H24ClNO3S. The number of hydrogen-bond acceptors (Lipinski definition) is 4. The van der Waals surface area contributed by atoms with Gasteiger partial charge in [-0.05, 0) is 54.6 Å². The maximum Gasteiger partial charge on any atom is 0.290 e. The fourth-order valence-corrected chi connectivity index (χ4v) is 4.54. The van der Waals surface area contributed by atoms with E-state index in [1.807, 2.05) is 18.2 Å². The smallest absolute Gasteiger partial charge is 0.290 e. The molecule has 0 bridgehead atoms. The molecule has 2 aliphatic rings. The number of amides is 2. The van der Waals surface area contributed by atoms with Crippen LogP contribution in [0.2, 0.25) is 5.02 Å². The van der Waals surface area contributed by atoms with Gasteiger partial charge in [0.05, 0.1) is 9.93 Å². The Balaban J connectivity index is 1.80. The lowest BCUT2D eigenvalue weighted by Crippen LogP contribution is -2.28. The van der Waals surface area contributed by atoms with Gasteiger partial charge < -0.3 is 4.74 Å². The first-order chi connectivity index (χ1) is 12.6. The van der Waals surface area contributed by atoms with E-state index in [-0.39, 0.29) is 17.3 Å². The summed E-state index contributed by atoms with van der Waals surface area (Å²) in [5.41, 5.74) is 0.690. The zero-order chi connectivity index (χ0) is 18.5. The van der Waals surface area contributed by atoms with Crippen LogP contribution in [-0.2, 0) is 4.79 Å². The largest absolute Gasteiger partial charge is 0.489 e. The third-order valence-electron chi connectivity index (χ3n) is 4.95. The van der Waals surface area contributed by atoms with E-state index in [4.69, 9.17) is 16.3 Å². The second-order valence-corrected chi connectivity index (χ2v) is 8.25. The number of benzene rings is 1. The number of imide groups is 1. The number of rotatable bonds is 6. The van der Waals surface area contributed by atoms with E-state index in [1.165, 1.54) is 32.1 Å². The Morgan fingerprint density at radius 1 is 1.31 bits per heavy atom. The second kappa shape index (κ2) is 8.96. The van der Waals surface area contributed by atoms with Crippen LogP contribution < -0.4 is 10.1 Å². The second-order valence-electron chi connectivity index (χ2n) is 6.85. The van der Waals surface area contributed by atoms with Crippen molar-refractivity contribution in [3.8, 4) is 5.75 Å². The van der Waals surface area contributed by atoms with Gasteiger partial charge in [-0.2, -0.15) is 0 Å². The van der Waals surface area contributed by atoms with E-state index in [9.17, 15) is 9.59 Å². The van der Waals surface area contributed by atoms with Crippen molar-refractivity contribution < 1.29 is 14.3 Å². The van der Waals surface area contributed by atoms with Crippen LogP contribution in [0.5, 0.6) is 5.75 Å². The Hall–Kier alpha value is -1.46. The van der Waals surface area contributed by atoms with E-state index >= 15 is 0 Å². The topological polar surface area (TPSA) is 55.4 Å². The van der Waals surface area contributed by atoms with Crippen LogP contribution in [0.4, 0.5) is 4.79 Å². The molecule has 1 saturated heterocycles. The van der Waals surface area contributed by atoms with Crippen LogP contribution in [0.25, 0.3) is 6.08 Å². The number of halogens is 1. The molecule has 26 heavy (non-hydrogen) atoms. The molecule has 1 aliphatic heterocycles. The zero-order valence-electron chi connectivity index (χ0n) is 14.9. The minimum atomic E-state index is -0.381. The SMILES string of the molecule is CCCC(Oc1cccc(C=C2SC(=O)NC2=O)c1Cl)C1CCCCC1. The van der Waals surface area contributed by atoms with Crippen molar-refractivity contribution in [1.82, 2.24) is 5.32 Å². The molecule has 1 unspecified atom stereocenters. The lowest BCUT2D eigenvalue weighted by molar-refractivity contribution is -0.115. The highest BCUT2D eigenvalue weighted by Gasteiger charge is 2.27. The fraction of sp³-hybridized carbons (Fsp3) is 0.500. The molecule has 0 aromatic heterocycles. The normalized spacial score (nSPS) is 21.1. The van der Waals surface area contributed by atoms with Crippen LogP contribution in [0, 0.1) is 5.92 Å². The van der Waals surface area contributed by atoms with E-state index in [0.29, 0.717) is 27.2 Å². The predicted octanol–water partition coefficient (Wildman–Crippen LogP) is 5.79. The van der Waals surface area contributed by atoms with Crippen molar-refractivity contribution >= 4 is 40.6 Å². The van der Waals surface area contributed by atoms with Gasteiger partial charge in [0.15, 0.2) is 0 Å². The van der Waals surface area contributed by atoms with Crippen molar-refractivity contribution in [2.45, 2.75) is 58.0 Å². The molecule has 2 fully saturated rings. The summed E-state index contributed by atoms with van der Waals surface area (Å²) in [5.74, 6) is 0.851. The summed E-state index contributed by atoms with van der Waals surface area (Å²) in [7, 11) is 0. The van der Waals surface area contributed by atoms with Gasteiger partial charge in [0.1, 0.15) is 11.9 Å². The van der Waals surface area contributed by atoms with E-state index < -0.39 is 0 Å². The quantitative estimate of drug-likeness (QED) is 0.621. The minimum absolute atomic E-state index is 0.173. The summed E-state index contributed by atoms with van der Waals surface area (Å²) in [4.78, 5) is 23.4. The molecule has 1 aliphatic carbocycles. The molecule has 1 aromatic carbocycles. The number of nitrogens with one attached hydrogen (secondary N) is 1. The number of ether oxygens (including phenoxy) is 1. The molecule has 0 spiro atoms. The minimum Gasteiger partial charge on any atom is -0.489 e. The summed E-state index contributed by atoms with van der Waals surface area (Å²) in [6.07, 6.45) is 10.2. The summed E-state index contributed by atoms with van der Waals surface area (Å²) in [5, 5.41) is 2.39. The highest BCUT2D eigenvalue weighted by atomic mass is 35.5. The van der Waals surface area contributed by atoms with E-state index in [0.717, 1.165) is 24.6 Å². The molecule has 140 valence electrons. The van der Waals surface area contributed by atoms with Gasteiger partial charge >= 0.3 is 0 Å². The molecule has 0 radical (unpaired) electrons. The average molecular weight is 394 g/mol. The molecule has 2 amide bonds. The van der Waals surface area contributed by atoms with Gasteiger partial charge in [0.2, 0.25) is 0 Å². The first kappa shape index (κ1) is 19.3. The van der Waals surface area contributed by atoms with Gasteiger partial charge in [0.25, 0.3) is 11.1 Å². The van der Waals surface area contributed by atoms with Crippen LogP contribution in [0.3, 0.4) is 0 Å². The third kappa shape index (κ3) is 4.63. The predicted molar refractivity (Wildman–Crippen MR) is 106 cm³/mol. The standard InChI is InChI=1S/C20H24ClNO3S/c1-2-7-15(13-8-4-3-5-9-13)25-16-11-6-10-14(18(16)21)12-17-19(23)22-20(24)26-17/h6,10-13,15H,2-5,7-9H2,1H3,(H,22,23,24). The Labute approximate surface area is 163 Å². The van der Waals surface area contributed by atoms with Gasteiger partial charge in [0, 0.05) is 0 Å².